The molecular formula is C17H29NO7. The van der Waals surface area contributed by atoms with E-state index in [-0.39, 0.29) is 24.5 Å². The van der Waals surface area contributed by atoms with Crippen molar-refractivity contribution in [2.75, 3.05) is 66.0 Å². The van der Waals surface area contributed by atoms with E-state index >= 15 is 0 Å². The minimum atomic E-state index is -0.293. The number of hydrogen-bond donors (Lipinski definition) is 0. The molecule has 0 saturated heterocycles. The molecule has 8 nitrogen and oxygen atoms in total. The second-order valence-corrected chi connectivity index (χ2v) is 5.53. The fraction of sp³-hybridized carbons (Fsp3) is 0.765. The number of ether oxygens (including phenoxy) is 5. The van der Waals surface area contributed by atoms with E-state index in [1.54, 1.807) is 0 Å². The number of amides is 2. The molecule has 25 heavy (non-hydrogen) atoms. The predicted octanol–water partition coefficient (Wildman–Crippen LogP) is 0.403. The number of imide groups is 1. The first-order chi connectivity index (χ1) is 12.1. The van der Waals surface area contributed by atoms with Crippen LogP contribution in [0.5, 0.6) is 0 Å². The molecule has 2 amide bonds. The first kappa shape index (κ1) is 21.7. The average Bonchev–Trinajstić information content (AvgIpc) is 2.89. The molecule has 0 atom stereocenters. The maximum Gasteiger partial charge on any atom is 0.253 e. The zero-order valence-electron chi connectivity index (χ0n) is 15.1. The smallest absolute Gasteiger partial charge is 0.253 e. The Labute approximate surface area is 149 Å². The van der Waals surface area contributed by atoms with E-state index in [1.807, 2.05) is 13.8 Å². The Bertz CT molecular complexity index is 394. The topological polar surface area (TPSA) is 83.5 Å². The SMILES string of the molecule is CC(C)OCCOCCOCCOCCOCCN1C(=O)C=CC1=O. The number of carbonyl (C=O) groups is 2. The third kappa shape index (κ3) is 11.0. The molecule has 0 aromatic rings. The van der Waals surface area contributed by atoms with Crippen LogP contribution in [-0.2, 0) is 33.3 Å². The molecule has 0 unspecified atom stereocenters. The Morgan fingerprint density at radius 1 is 0.720 bits per heavy atom. The van der Waals surface area contributed by atoms with Crippen molar-refractivity contribution in [1.82, 2.24) is 4.90 Å². The van der Waals surface area contributed by atoms with Crippen LogP contribution in [0.3, 0.4) is 0 Å². The van der Waals surface area contributed by atoms with Crippen molar-refractivity contribution in [2.45, 2.75) is 20.0 Å². The van der Waals surface area contributed by atoms with Gasteiger partial charge in [0, 0.05) is 12.2 Å². The number of carbonyl (C=O) groups excluding carboxylic acids is 2. The van der Waals surface area contributed by atoms with Gasteiger partial charge in [-0.2, -0.15) is 0 Å². The van der Waals surface area contributed by atoms with Crippen LogP contribution in [0.25, 0.3) is 0 Å². The highest BCUT2D eigenvalue weighted by Crippen LogP contribution is 2.02. The molecule has 0 aliphatic carbocycles. The first-order valence-electron chi connectivity index (χ1n) is 8.57. The van der Waals surface area contributed by atoms with Crippen molar-refractivity contribution in [3.05, 3.63) is 12.2 Å². The lowest BCUT2D eigenvalue weighted by molar-refractivity contribution is -0.137. The minimum absolute atomic E-state index is 0.225. The van der Waals surface area contributed by atoms with Crippen molar-refractivity contribution >= 4 is 11.8 Å². The summed E-state index contributed by atoms with van der Waals surface area (Å²) in [6.07, 6.45) is 2.74. The highest BCUT2D eigenvalue weighted by atomic mass is 16.6. The summed E-state index contributed by atoms with van der Waals surface area (Å²) >= 11 is 0. The van der Waals surface area contributed by atoms with Gasteiger partial charge in [0.15, 0.2) is 0 Å². The molecule has 0 aromatic heterocycles. The summed E-state index contributed by atoms with van der Waals surface area (Å²) in [6, 6.07) is 0. The highest BCUT2D eigenvalue weighted by molar-refractivity contribution is 6.12. The lowest BCUT2D eigenvalue weighted by atomic mass is 10.5. The zero-order valence-corrected chi connectivity index (χ0v) is 15.1. The maximum absolute atomic E-state index is 11.3. The van der Waals surface area contributed by atoms with E-state index in [4.69, 9.17) is 23.7 Å². The van der Waals surface area contributed by atoms with Gasteiger partial charge in [0.05, 0.1) is 72.1 Å². The van der Waals surface area contributed by atoms with Crippen molar-refractivity contribution in [3.63, 3.8) is 0 Å². The fourth-order valence-corrected chi connectivity index (χ4v) is 1.91. The molecule has 0 spiro atoms. The number of hydrogen-bond acceptors (Lipinski definition) is 7. The highest BCUT2D eigenvalue weighted by Gasteiger charge is 2.22. The van der Waals surface area contributed by atoms with Crippen LogP contribution < -0.4 is 0 Å². The van der Waals surface area contributed by atoms with Gasteiger partial charge in [-0.25, -0.2) is 0 Å². The largest absolute Gasteiger partial charge is 0.377 e. The lowest BCUT2D eigenvalue weighted by Gasteiger charge is -2.13. The Balaban J connectivity index is 1.75. The number of nitrogens with zero attached hydrogens (tertiary/aromatic N) is 1. The Morgan fingerprint density at radius 3 is 1.56 bits per heavy atom. The van der Waals surface area contributed by atoms with E-state index in [9.17, 15) is 9.59 Å². The van der Waals surface area contributed by atoms with Crippen molar-refractivity contribution in [2.24, 2.45) is 0 Å². The van der Waals surface area contributed by atoms with Gasteiger partial charge in [-0.3, -0.25) is 14.5 Å². The summed E-state index contributed by atoms with van der Waals surface area (Å²) in [6.45, 7) is 8.57. The molecule has 1 rings (SSSR count). The molecule has 0 N–H and O–H groups in total. The molecule has 0 saturated carbocycles. The van der Waals surface area contributed by atoms with Crippen molar-refractivity contribution < 1.29 is 33.3 Å². The monoisotopic (exact) mass is 359 g/mol. The molecule has 1 heterocycles. The van der Waals surface area contributed by atoms with Gasteiger partial charge in [-0.05, 0) is 13.8 Å². The Kier molecular flexibility index (Phi) is 12.1. The Morgan fingerprint density at radius 2 is 1.12 bits per heavy atom. The van der Waals surface area contributed by atoms with Crippen molar-refractivity contribution in [1.29, 1.82) is 0 Å². The molecule has 0 fully saturated rings. The van der Waals surface area contributed by atoms with E-state index in [1.165, 1.54) is 12.2 Å². The third-order valence-electron chi connectivity index (χ3n) is 3.15. The first-order valence-corrected chi connectivity index (χ1v) is 8.57. The standard InChI is InChI=1S/C17H29NO7/c1-15(2)25-14-13-24-12-11-23-10-9-22-8-7-21-6-5-18-16(19)3-4-17(18)20/h3-4,15H,5-14H2,1-2H3. The van der Waals surface area contributed by atoms with E-state index in [0.29, 0.717) is 59.5 Å². The quantitative estimate of drug-likeness (QED) is 0.291. The van der Waals surface area contributed by atoms with Gasteiger partial charge in [0.25, 0.3) is 11.8 Å². The molecule has 1 aliphatic rings. The van der Waals surface area contributed by atoms with Crippen LogP contribution in [0.1, 0.15) is 13.8 Å². The summed E-state index contributed by atoms with van der Waals surface area (Å²) in [5.74, 6) is -0.586. The van der Waals surface area contributed by atoms with Crippen LogP contribution in [0.2, 0.25) is 0 Å². The molecule has 0 aromatic carbocycles. The van der Waals surface area contributed by atoms with Gasteiger partial charge in [0.2, 0.25) is 0 Å². The fourth-order valence-electron chi connectivity index (χ4n) is 1.91. The zero-order chi connectivity index (χ0) is 18.3. The molecule has 0 radical (unpaired) electrons. The minimum Gasteiger partial charge on any atom is -0.377 e. The van der Waals surface area contributed by atoms with Gasteiger partial charge in [0.1, 0.15) is 0 Å². The summed E-state index contributed by atoms with van der Waals surface area (Å²) in [7, 11) is 0. The normalized spacial score (nSPS) is 14.3. The van der Waals surface area contributed by atoms with Crippen LogP contribution in [0.4, 0.5) is 0 Å². The van der Waals surface area contributed by atoms with Gasteiger partial charge < -0.3 is 23.7 Å². The summed E-state index contributed by atoms with van der Waals surface area (Å²) in [4.78, 5) is 23.7. The summed E-state index contributed by atoms with van der Waals surface area (Å²) in [5.41, 5.74) is 0. The van der Waals surface area contributed by atoms with E-state index < -0.39 is 0 Å². The maximum atomic E-state index is 11.3. The van der Waals surface area contributed by atoms with Gasteiger partial charge in [-0.1, -0.05) is 0 Å². The Hall–Kier alpha value is -1.32. The predicted molar refractivity (Wildman–Crippen MR) is 90.2 cm³/mol. The van der Waals surface area contributed by atoms with Crippen molar-refractivity contribution in [3.8, 4) is 0 Å². The molecule has 144 valence electrons. The van der Waals surface area contributed by atoms with Crippen LogP contribution in [0, 0.1) is 0 Å². The number of rotatable bonds is 16. The molecule has 1 aliphatic heterocycles. The second kappa shape index (κ2) is 13.9. The van der Waals surface area contributed by atoms with Gasteiger partial charge in [-0.15, -0.1) is 0 Å². The van der Waals surface area contributed by atoms with Crippen LogP contribution in [-0.4, -0.2) is 88.8 Å². The summed E-state index contributed by atoms with van der Waals surface area (Å²) in [5, 5.41) is 0. The van der Waals surface area contributed by atoms with Crippen LogP contribution in [0.15, 0.2) is 12.2 Å². The molecular weight excluding hydrogens is 330 g/mol. The average molecular weight is 359 g/mol. The van der Waals surface area contributed by atoms with E-state index in [2.05, 4.69) is 0 Å². The van der Waals surface area contributed by atoms with Crippen LogP contribution >= 0.6 is 0 Å². The molecule has 8 heteroatoms. The van der Waals surface area contributed by atoms with E-state index in [0.717, 1.165) is 4.90 Å². The summed E-state index contributed by atoms with van der Waals surface area (Å²) < 4.78 is 26.7. The lowest BCUT2D eigenvalue weighted by Crippen LogP contribution is -2.33. The molecule has 0 bridgehead atoms. The second-order valence-electron chi connectivity index (χ2n) is 5.53. The van der Waals surface area contributed by atoms with Gasteiger partial charge >= 0.3 is 0 Å². The third-order valence-corrected chi connectivity index (χ3v) is 3.15.